The van der Waals surface area contributed by atoms with E-state index in [9.17, 15) is 9.90 Å². The van der Waals surface area contributed by atoms with Crippen LogP contribution in [0.2, 0.25) is 0 Å². The molecule has 8 heteroatoms. The molecule has 1 heterocycles. The lowest BCUT2D eigenvalue weighted by Gasteiger charge is -2.30. The minimum atomic E-state index is -0.852. The van der Waals surface area contributed by atoms with E-state index in [1.54, 1.807) is 19.0 Å². The van der Waals surface area contributed by atoms with Gasteiger partial charge in [-0.05, 0) is 71.8 Å². The number of para-hydroxylation sites is 2. The molecular weight excluding hydrogens is 460 g/mol. The van der Waals surface area contributed by atoms with Gasteiger partial charge in [0.25, 0.3) is 0 Å². The second-order valence-corrected chi connectivity index (χ2v) is 9.84. The molecule has 184 valence electrons. The van der Waals surface area contributed by atoms with Crippen molar-refractivity contribution in [3.63, 3.8) is 0 Å². The van der Waals surface area contributed by atoms with Crippen molar-refractivity contribution >= 4 is 35.0 Å². The van der Waals surface area contributed by atoms with E-state index in [0.717, 1.165) is 40.4 Å². The number of carboxylic acids is 1. The smallest absolute Gasteiger partial charge is 0.304 e. The molecule has 0 radical (unpaired) electrons. The zero-order chi connectivity index (χ0) is 25.1. The van der Waals surface area contributed by atoms with Gasteiger partial charge >= 0.3 is 5.97 Å². The number of benzene rings is 3. The molecule has 7 nitrogen and oxygen atoms in total. The fourth-order valence-electron chi connectivity index (χ4n) is 4.49. The summed E-state index contributed by atoms with van der Waals surface area (Å²) in [6.45, 7) is 5.47. The second kappa shape index (κ2) is 10.5. The maximum absolute atomic E-state index is 11.8. The molecule has 35 heavy (non-hydrogen) atoms. The fourth-order valence-corrected chi connectivity index (χ4v) is 5.59. The number of hydrogen-bond acceptors (Lipinski definition) is 7. The summed E-state index contributed by atoms with van der Waals surface area (Å²) in [6, 6.07) is 18.1. The number of ether oxygens (including phenoxy) is 1. The highest BCUT2D eigenvalue weighted by Gasteiger charge is 2.23. The van der Waals surface area contributed by atoms with Gasteiger partial charge in [-0.2, -0.15) is 0 Å². The molecule has 0 saturated heterocycles. The molecule has 3 aromatic carbocycles. The molecule has 0 spiro atoms. The lowest BCUT2D eigenvalue weighted by molar-refractivity contribution is -0.137. The first-order chi connectivity index (χ1) is 16.8. The maximum Gasteiger partial charge on any atom is 0.304 e. The molecule has 1 atom stereocenters. The van der Waals surface area contributed by atoms with Crippen LogP contribution in [-0.2, 0) is 10.5 Å². The van der Waals surface area contributed by atoms with Gasteiger partial charge in [-0.1, -0.05) is 36.4 Å². The standard InChI is InChI=1S/C27H32N4O3S/c1-17-8-9-19(14-20(17)16-35-31-12-13-34-25-7-5-4-6-23(25)31)22(15-26(32)33)21-10-11-24(30(3)29)27(28)18(21)2/h4-11,14,22H,12-13,15-16,28-29H2,1-3H3,(H,32,33). The normalized spacial score (nSPS) is 13.7. The zero-order valence-electron chi connectivity index (χ0n) is 20.3. The number of nitrogens with two attached hydrogens (primary N) is 2. The van der Waals surface area contributed by atoms with Crippen LogP contribution in [0.1, 0.15) is 40.2 Å². The van der Waals surface area contributed by atoms with Gasteiger partial charge in [0, 0.05) is 18.7 Å². The number of nitrogen functional groups attached to an aromatic ring is 1. The van der Waals surface area contributed by atoms with Crippen molar-refractivity contribution in [2.24, 2.45) is 5.84 Å². The third kappa shape index (κ3) is 5.33. The highest BCUT2D eigenvalue weighted by atomic mass is 32.2. The Bertz CT molecular complexity index is 1230. The number of fused-ring (bicyclic) bond motifs is 1. The van der Waals surface area contributed by atoms with Gasteiger partial charge in [0.15, 0.2) is 0 Å². The summed E-state index contributed by atoms with van der Waals surface area (Å²) < 4.78 is 8.05. The Balaban J connectivity index is 1.64. The van der Waals surface area contributed by atoms with Crippen molar-refractivity contribution in [2.45, 2.75) is 31.9 Å². The Kier molecular flexibility index (Phi) is 7.42. The molecule has 0 amide bonds. The van der Waals surface area contributed by atoms with Crippen molar-refractivity contribution in [3.05, 3.63) is 82.4 Å². The molecule has 0 fully saturated rings. The lowest BCUT2D eigenvalue weighted by Crippen LogP contribution is -2.27. The first-order valence-electron chi connectivity index (χ1n) is 11.6. The summed E-state index contributed by atoms with van der Waals surface area (Å²) in [4.78, 5) is 11.8. The molecular formula is C27H32N4O3S. The van der Waals surface area contributed by atoms with E-state index in [0.29, 0.717) is 18.0 Å². The molecule has 4 rings (SSSR count). The predicted molar refractivity (Wildman–Crippen MR) is 144 cm³/mol. The average molecular weight is 493 g/mol. The molecule has 1 aliphatic rings. The molecule has 0 bridgehead atoms. The van der Waals surface area contributed by atoms with Crippen molar-refractivity contribution in [3.8, 4) is 5.75 Å². The number of hydrogen-bond donors (Lipinski definition) is 3. The Labute approximate surface area is 210 Å². The summed E-state index contributed by atoms with van der Waals surface area (Å²) in [5, 5.41) is 11.2. The summed E-state index contributed by atoms with van der Waals surface area (Å²) in [5.41, 5.74) is 13.8. The summed E-state index contributed by atoms with van der Waals surface area (Å²) in [6.07, 6.45) is -0.0232. The van der Waals surface area contributed by atoms with Gasteiger partial charge in [0.1, 0.15) is 12.4 Å². The van der Waals surface area contributed by atoms with Gasteiger partial charge in [0.2, 0.25) is 0 Å². The third-order valence-corrected chi connectivity index (χ3v) is 7.64. The Morgan fingerprint density at radius 1 is 1.20 bits per heavy atom. The van der Waals surface area contributed by atoms with Crippen LogP contribution in [0.4, 0.5) is 17.1 Å². The van der Waals surface area contributed by atoms with Gasteiger partial charge < -0.3 is 24.9 Å². The van der Waals surface area contributed by atoms with Crippen LogP contribution in [0.3, 0.4) is 0 Å². The minimum Gasteiger partial charge on any atom is -0.489 e. The Morgan fingerprint density at radius 2 is 1.97 bits per heavy atom. The monoisotopic (exact) mass is 492 g/mol. The Morgan fingerprint density at radius 3 is 2.71 bits per heavy atom. The van der Waals surface area contributed by atoms with Crippen LogP contribution in [-0.4, -0.2) is 31.3 Å². The SMILES string of the molecule is Cc1ccc(C(CC(=O)O)c2ccc(N(C)N)c(N)c2C)cc1CSN1CCOc2ccccc21. The van der Waals surface area contributed by atoms with E-state index in [1.165, 1.54) is 16.1 Å². The zero-order valence-corrected chi connectivity index (χ0v) is 21.1. The van der Waals surface area contributed by atoms with Gasteiger partial charge in [-0.3, -0.25) is 4.79 Å². The second-order valence-electron chi connectivity index (χ2n) is 8.85. The maximum atomic E-state index is 11.8. The third-order valence-electron chi connectivity index (χ3n) is 6.51. The minimum absolute atomic E-state index is 0.0232. The van der Waals surface area contributed by atoms with Crippen LogP contribution in [0.25, 0.3) is 0 Å². The van der Waals surface area contributed by atoms with Gasteiger partial charge in [-0.15, -0.1) is 0 Å². The number of nitrogens with zero attached hydrogens (tertiary/aromatic N) is 2. The average Bonchev–Trinajstić information content (AvgIpc) is 2.83. The molecule has 5 N–H and O–H groups in total. The topological polar surface area (TPSA) is 105 Å². The number of hydrazine groups is 1. The van der Waals surface area contributed by atoms with Crippen molar-refractivity contribution < 1.29 is 14.6 Å². The van der Waals surface area contributed by atoms with Crippen LogP contribution in [0.15, 0.2) is 54.6 Å². The van der Waals surface area contributed by atoms with Crippen molar-refractivity contribution in [1.82, 2.24) is 0 Å². The van der Waals surface area contributed by atoms with E-state index in [-0.39, 0.29) is 12.3 Å². The number of aryl methyl sites for hydroxylation is 1. The van der Waals surface area contributed by atoms with Crippen LogP contribution in [0.5, 0.6) is 5.75 Å². The predicted octanol–water partition coefficient (Wildman–Crippen LogP) is 4.85. The van der Waals surface area contributed by atoms with E-state index in [2.05, 4.69) is 29.4 Å². The van der Waals surface area contributed by atoms with Crippen molar-refractivity contribution in [2.75, 3.05) is 35.2 Å². The van der Waals surface area contributed by atoms with Crippen LogP contribution in [0, 0.1) is 13.8 Å². The highest BCUT2D eigenvalue weighted by molar-refractivity contribution is 7.99. The van der Waals surface area contributed by atoms with Crippen LogP contribution >= 0.6 is 11.9 Å². The van der Waals surface area contributed by atoms with Crippen molar-refractivity contribution in [1.29, 1.82) is 0 Å². The van der Waals surface area contributed by atoms with E-state index < -0.39 is 5.97 Å². The summed E-state index contributed by atoms with van der Waals surface area (Å²) >= 11 is 1.75. The fraction of sp³-hybridized carbons (Fsp3) is 0.296. The first-order valence-corrected chi connectivity index (χ1v) is 12.5. The molecule has 0 aliphatic carbocycles. The quantitative estimate of drug-likeness (QED) is 0.177. The van der Waals surface area contributed by atoms with E-state index in [1.807, 2.05) is 43.3 Å². The first kappa shape index (κ1) is 24.8. The van der Waals surface area contributed by atoms with Gasteiger partial charge in [-0.25, -0.2) is 5.84 Å². The molecule has 0 aromatic heterocycles. The van der Waals surface area contributed by atoms with Gasteiger partial charge in [0.05, 0.1) is 30.0 Å². The number of rotatable bonds is 8. The highest BCUT2D eigenvalue weighted by Crippen LogP contribution is 2.39. The van der Waals surface area contributed by atoms with E-state index in [4.69, 9.17) is 16.3 Å². The molecule has 1 unspecified atom stereocenters. The number of aliphatic carboxylic acids is 1. The number of carboxylic acid groups (broad SMARTS) is 1. The van der Waals surface area contributed by atoms with E-state index >= 15 is 0 Å². The van der Waals surface area contributed by atoms with Crippen LogP contribution < -0.4 is 25.6 Å². The molecule has 0 saturated carbocycles. The largest absolute Gasteiger partial charge is 0.489 e. The number of carbonyl (C=O) groups is 1. The molecule has 3 aromatic rings. The Hall–Kier alpha value is -3.36. The summed E-state index contributed by atoms with van der Waals surface area (Å²) in [5.74, 6) is 6.41. The lowest BCUT2D eigenvalue weighted by atomic mass is 9.84. The number of anilines is 3. The molecule has 1 aliphatic heterocycles. The summed E-state index contributed by atoms with van der Waals surface area (Å²) in [7, 11) is 1.73.